The molecule has 1 aromatic carbocycles. The van der Waals surface area contributed by atoms with E-state index in [2.05, 4.69) is 5.92 Å². The van der Waals surface area contributed by atoms with Crippen molar-refractivity contribution in [3.8, 4) is 18.1 Å². The maximum atomic E-state index is 12.3. The smallest absolute Gasteiger partial charge is 0.253 e. The Morgan fingerprint density at radius 1 is 1.40 bits per heavy atom. The van der Waals surface area contributed by atoms with E-state index in [1.807, 2.05) is 6.92 Å². The normalized spacial score (nSPS) is 10.8. The molecule has 4 nitrogen and oxygen atoms in total. The fourth-order valence-electron chi connectivity index (χ4n) is 1.80. The number of likely N-dealkylation sites (N-methyl/N-ethyl adjacent to an activating group) is 1. The van der Waals surface area contributed by atoms with E-state index < -0.39 is 5.60 Å². The fraction of sp³-hybridized carbons (Fsp3) is 0.438. The van der Waals surface area contributed by atoms with Gasteiger partial charge in [-0.1, -0.05) is 5.92 Å². The predicted octanol–water partition coefficient (Wildman–Crippen LogP) is 1.93. The number of ether oxygens (including phenoxy) is 1. The number of terminal acetylenes is 1. The zero-order valence-corrected chi connectivity index (χ0v) is 12.2. The first-order valence-corrected chi connectivity index (χ1v) is 6.55. The highest BCUT2D eigenvalue weighted by Gasteiger charge is 2.22. The molecule has 1 rings (SSSR count). The molecule has 0 spiro atoms. The molecule has 0 aliphatic carbocycles. The highest BCUT2D eigenvalue weighted by molar-refractivity contribution is 5.94. The average Bonchev–Trinajstić information content (AvgIpc) is 2.41. The van der Waals surface area contributed by atoms with Gasteiger partial charge in [-0.15, -0.1) is 6.42 Å². The number of carbonyl (C=O) groups excluding carboxylic acids is 1. The lowest BCUT2D eigenvalue weighted by atomic mass is 10.1. The van der Waals surface area contributed by atoms with Crippen molar-refractivity contribution in [2.45, 2.75) is 26.4 Å². The van der Waals surface area contributed by atoms with Gasteiger partial charge in [-0.05, 0) is 45.0 Å². The molecule has 0 aromatic heterocycles. The highest BCUT2D eigenvalue weighted by Crippen LogP contribution is 2.15. The second kappa shape index (κ2) is 6.97. The van der Waals surface area contributed by atoms with Crippen molar-refractivity contribution in [1.82, 2.24) is 4.90 Å². The minimum Gasteiger partial charge on any atom is -0.481 e. The number of nitrogens with zero attached hydrogens (tertiary/aromatic N) is 1. The second-order valence-electron chi connectivity index (χ2n) is 5.15. The molecule has 0 radical (unpaired) electrons. The summed E-state index contributed by atoms with van der Waals surface area (Å²) >= 11 is 0. The SMILES string of the molecule is C#CCOc1ccc(C(=O)N(CC)CC(C)(C)O)cc1. The summed E-state index contributed by atoms with van der Waals surface area (Å²) in [5.74, 6) is 2.90. The zero-order valence-electron chi connectivity index (χ0n) is 12.2. The molecule has 108 valence electrons. The van der Waals surface area contributed by atoms with Crippen LogP contribution >= 0.6 is 0 Å². The van der Waals surface area contributed by atoms with Gasteiger partial charge in [0.05, 0.1) is 5.60 Å². The van der Waals surface area contributed by atoms with Crippen LogP contribution in [0.3, 0.4) is 0 Å². The number of hydrogen-bond acceptors (Lipinski definition) is 3. The molecule has 0 aliphatic rings. The standard InChI is InChI=1S/C16H21NO3/c1-5-11-20-14-9-7-13(8-10-14)15(18)17(6-2)12-16(3,4)19/h1,7-10,19H,6,11-12H2,2-4H3. The number of hydrogen-bond donors (Lipinski definition) is 1. The molecule has 0 bridgehead atoms. The molecule has 4 heteroatoms. The van der Waals surface area contributed by atoms with Crippen molar-refractivity contribution in [2.75, 3.05) is 19.7 Å². The molecule has 0 aliphatic heterocycles. The molecule has 0 fully saturated rings. The first kappa shape index (κ1) is 16.1. The van der Waals surface area contributed by atoms with Crippen molar-refractivity contribution in [2.24, 2.45) is 0 Å². The third-order valence-corrected chi connectivity index (χ3v) is 2.67. The number of carbonyl (C=O) groups is 1. The summed E-state index contributed by atoms with van der Waals surface area (Å²) in [6, 6.07) is 6.81. The molecule has 20 heavy (non-hydrogen) atoms. The van der Waals surface area contributed by atoms with E-state index in [0.717, 1.165) is 0 Å². The van der Waals surface area contributed by atoms with Gasteiger partial charge in [0.1, 0.15) is 12.4 Å². The van der Waals surface area contributed by atoms with Gasteiger partial charge in [0.15, 0.2) is 0 Å². The lowest BCUT2D eigenvalue weighted by Gasteiger charge is -2.28. The Kier molecular flexibility index (Phi) is 5.60. The number of rotatable bonds is 6. The van der Waals surface area contributed by atoms with Crippen LogP contribution in [-0.4, -0.2) is 41.2 Å². The third-order valence-electron chi connectivity index (χ3n) is 2.67. The summed E-state index contributed by atoms with van der Waals surface area (Å²) in [6.07, 6.45) is 5.11. The summed E-state index contributed by atoms with van der Waals surface area (Å²) in [5, 5.41) is 9.82. The van der Waals surface area contributed by atoms with Gasteiger partial charge in [-0.2, -0.15) is 0 Å². The molecule has 1 aromatic rings. The van der Waals surface area contributed by atoms with Crippen LogP contribution < -0.4 is 4.74 Å². The highest BCUT2D eigenvalue weighted by atomic mass is 16.5. The van der Waals surface area contributed by atoms with Gasteiger partial charge in [0.25, 0.3) is 5.91 Å². The Bertz CT molecular complexity index is 480. The molecule has 0 unspecified atom stereocenters. The number of amides is 1. The monoisotopic (exact) mass is 275 g/mol. The van der Waals surface area contributed by atoms with E-state index in [1.54, 1.807) is 43.0 Å². The van der Waals surface area contributed by atoms with Gasteiger partial charge in [-0.25, -0.2) is 0 Å². The Balaban J connectivity index is 2.78. The second-order valence-corrected chi connectivity index (χ2v) is 5.15. The summed E-state index contributed by atoms with van der Waals surface area (Å²) in [4.78, 5) is 13.9. The Hall–Kier alpha value is -1.99. The molecule has 1 N–H and O–H groups in total. The topological polar surface area (TPSA) is 49.8 Å². The Morgan fingerprint density at radius 3 is 2.45 bits per heavy atom. The van der Waals surface area contributed by atoms with E-state index in [-0.39, 0.29) is 19.1 Å². The van der Waals surface area contributed by atoms with Crippen LogP contribution in [0.25, 0.3) is 0 Å². The van der Waals surface area contributed by atoms with Crippen LogP contribution in [0.4, 0.5) is 0 Å². The Labute approximate surface area is 120 Å². The van der Waals surface area contributed by atoms with Gasteiger partial charge in [0, 0.05) is 18.7 Å². The molecular formula is C16H21NO3. The van der Waals surface area contributed by atoms with Gasteiger partial charge < -0.3 is 14.7 Å². The van der Waals surface area contributed by atoms with Crippen molar-refractivity contribution in [1.29, 1.82) is 0 Å². The van der Waals surface area contributed by atoms with Crippen LogP contribution in [-0.2, 0) is 0 Å². The molecule has 0 heterocycles. The number of aliphatic hydroxyl groups is 1. The van der Waals surface area contributed by atoms with Crippen molar-refractivity contribution in [3.05, 3.63) is 29.8 Å². The maximum absolute atomic E-state index is 12.3. The first-order valence-electron chi connectivity index (χ1n) is 6.55. The van der Waals surface area contributed by atoms with Crippen LogP contribution in [0.1, 0.15) is 31.1 Å². The predicted molar refractivity (Wildman–Crippen MR) is 78.6 cm³/mol. The van der Waals surface area contributed by atoms with Crippen LogP contribution in [0.2, 0.25) is 0 Å². The Morgan fingerprint density at radius 2 is 2.00 bits per heavy atom. The van der Waals surface area contributed by atoms with Gasteiger partial charge in [-0.3, -0.25) is 4.79 Å². The number of benzene rings is 1. The summed E-state index contributed by atoms with van der Waals surface area (Å²) < 4.78 is 5.26. The minimum atomic E-state index is -0.915. The lowest BCUT2D eigenvalue weighted by Crippen LogP contribution is -2.42. The van der Waals surface area contributed by atoms with Gasteiger partial charge >= 0.3 is 0 Å². The molecule has 0 saturated carbocycles. The average molecular weight is 275 g/mol. The quantitative estimate of drug-likeness (QED) is 0.807. The van der Waals surface area contributed by atoms with Crippen LogP contribution in [0.5, 0.6) is 5.75 Å². The summed E-state index contributed by atoms with van der Waals surface area (Å²) in [5.41, 5.74) is -0.356. The maximum Gasteiger partial charge on any atom is 0.253 e. The fourth-order valence-corrected chi connectivity index (χ4v) is 1.80. The van der Waals surface area contributed by atoms with E-state index in [9.17, 15) is 9.90 Å². The van der Waals surface area contributed by atoms with Crippen LogP contribution in [0, 0.1) is 12.3 Å². The lowest BCUT2D eigenvalue weighted by molar-refractivity contribution is 0.0314. The molecule has 1 amide bonds. The van der Waals surface area contributed by atoms with Crippen molar-refractivity contribution in [3.63, 3.8) is 0 Å². The first-order chi connectivity index (χ1) is 9.37. The van der Waals surface area contributed by atoms with Crippen molar-refractivity contribution >= 4 is 5.91 Å². The van der Waals surface area contributed by atoms with Gasteiger partial charge in [0.2, 0.25) is 0 Å². The van der Waals surface area contributed by atoms with Crippen LogP contribution in [0.15, 0.2) is 24.3 Å². The third kappa shape index (κ3) is 4.94. The van der Waals surface area contributed by atoms with E-state index in [4.69, 9.17) is 11.2 Å². The van der Waals surface area contributed by atoms with Crippen molar-refractivity contribution < 1.29 is 14.6 Å². The minimum absolute atomic E-state index is 0.113. The summed E-state index contributed by atoms with van der Waals surface area (Å²) in [6.45, 7) is 6.27. The van der Waals surface area contributed by atoms with E-state index in [0.29, 0.717) is 17.9 Å². The molecule has 0 saturated heterocycles. The van der Waals surface area contributed by atoms with E-state index in [1.165, 1.54) is 0 Å². The van der Waals surface area contributed by atoms with E-state index >= 15 is 0 Å². The molecule has 0 atom stereocenters. The largest absolute Gasteiger partial charge is 0.481 e. The molecular weight excluding hydrogens is 254 g/mol. The zero-order chi connectivity index (χ0) is 15.2. The summed E-state index contributed by atoms with van der Waals surface area (Å²) in [7, 11) is 0.